The molecule has 134 valence electrons. The molecule has 0 bridgehead atoms. The number of carbonyl (C=O) groups excluding carboxylic acids is 1. The summed E-state index contributed by atoms with van der Waals surface area (Å²) < 4.78 is 6.53. The molecule has 0 radical (unpaired) electrons. The molecule has 2 aromatic heterocycles. The highest BCUT2D eigenvalue weighted by Crippen LogP contribution is 2.23. The topological polar surface area (TPSA) is 70.1 Å². The molecule has 0 aliphatic rings. The second kappa shape index (κ2) is 9.16. The number of thiazole rings is 1. The van der Waals surface area contributed by atoms with Crippen LogP contribution in [-0.4, -0.2) is 22.3 Å². The van der Waals surface area contributed by atoms with Gasteiger partial charge in [-0.05, 0) is 43.5 Å². The normalized spacial score (nSPS) is 10.7. The third kappa shape index (κ3) is 4.93. The van der Waals surface area contributed by atoms with Crippen LogP contribution in [0.2, 0.25) is 0 Å². The maximum absolute atomic E-state index is 12.5. The number of fused-ring (bicyclic) bond motifs is 1. The first-order valence-corrected chi connectivity index (χ1v) is 9.59. The number of amides is 1. The maximum atomic E-state index is 12.5. The molecular weight excluding hydrogens is 346 g/mol. The van der Waals surface area contributed by atoms with Crippen molar-refractivity contribution in [2.24, 2.45) is 0 Å². The van der Waals surface area contributed by atoms with E-state index >= 15 is 0 Å². The number of hydrogen-bond donors (Lipinski definition) is 0. The molecule has 1 aromatic carbocycles. The van der Waals surface area contributed by atoms with Crippen molar-refractivity contribution in [3.63, 3.8) is 0 Å². The van der Waals surface area contributed by atoms with Crippen molar-refractivity contribution < 1.29 is 9.21 Å². The summed E-state index contributed by atoms with van der Waals surface area (Å²) in [5.74, 6) is 0.812. The summed E-state index contributed by atoms with van der Waals surface area (Å²) in [6, 6.07) is 13.9. The predicted molar refractivity (Wildman–Crippen MR) is 102 cm³/mol. The number of aromatic nitrogens is 1. The lowest BCUT2D eigenvalue weighted by atomic mass is 10.1. The Kier molecular flexibility index (Phi) is 6.39. The van der Waals surface area contributed by atoms with Crippen LogP contribution in [0.25, 0.3) is 10.2 Å². The number of benzene rings is 1. The highest BCUT2D eigenvalue weighted by Gasteiger charge is 2.15. The summed E-state index contributed by atoms with van der Waals surface area (Å²) in [5, 5.41) is 9.93. The van der Waals surface area contributed by atoms with Crippen LogP contribution in [-0.2, 0) is 17.8 Å². The number of para-hydroxylation sites is 1. The molecule has 0 aliphatic heterocycles. The molecule has 3 rings (SSSR count). The monoisotopic (exact) mass is 367 g/mol. The average molecular weight is 367 g/mol. The number of rotatable bonds is 9. The van der Waals surface area contributed by atoms with Crippen molar-refractivity contribution >= 4 is 27.5 Å². The second-order valence-corrected chi connectivity index (χ2v) is 7.20. The van der Waals surface area contributed by atoms with Crippen LogP contribution in [0, 0.1) is 11.3 Å². The van der Waals surface area contributed by atoms with E-state index in [1.807, 2.05) is 24.3 Å². The van der Waals surface area contributed by atoms with Gasteiger partial charge in [0.1, 0.15) is 5.76 Å². The second-order valence-electron chi connectivity index (χ2n) is 6.09. The molecule has 0 saturated heterocycles. The fraction of sp³-hybridized carbons (Fsp3) is 0.350. The van der Waals surface area contributed by atoms with E-state index in [4.69, 9.17) is 9.68 Å². The van der Waals surface area contributed by atoms with Gasteiger partial charge in [0.2, 0.25) is 5.91 Å². The minimum atomic E-state index is 0.0703. The minimum Gasteiger partial charge on any atom is -0.467 e. The Morgan fingerprint density at radius 2 is 2.12 bits per heavy atom. The van der Waals surface area contributed by atoms with Crippen LogP contribution in [0.3, 0.4) is 0 Å². The number of furan rings is 1. The first-order chi connectivity index (χ1) is 12.8. The average Bonchev–Trinajstić information content (AvgIpc) is 3.31. The first-order valence-electron chi connectivity index (χ1n) is 8.78. The van der Waals surface area contributed by atoms with E-state index < -0.39 is 0 Å². The molecule has 0 N–H and O–H groups in total. The Morgan fingerprint density at radius 3 is 2.88 bits per heavy atom. The summed E-state index contributed by atoms with van der Waals surface area (Å²) in [4.78, 5) is 18.8. The summed E-state index contributed by atoms with van der Waals surface area (Å²) in [5.41, 5.74) is 1.05. The van der Waals surface area contributed by atoms with Crippen LogP contribution in [0.5, 0.6) is 0 Å². The summed E-state index contributed by atoms with van der Waals surface area (Å²) in [6.45, 7) is 0.860. The van der Waals surface area contributed by atoms with Crippen molar-refractivity contribution in [1.29, 1.82) is 5.26 Å². The standard InChI is InChI=1S/C20H21N3O2S/c21-12-6-13-23(15-16-7-5-14-25-16)20(24)11-4-3-10-19-22-17-8-1-2-9-18(17)26-19/h1-2,5,7-9,14H,3-4,6,10-11,13,15H2. The summed E-state index contributed by atoms with van der Waals surface area (Å²) >= 11 is 1.72. The Morgan fingerprint density at radius 1 is 1.23 bits per heavy atom. The van der Waals surface area contributed by atoms with Crippen molar-refractivity contribution in [3.8, 4) is 6.07 Å². The molecule has 0 spiro atoms. The van der Waals surface area contributed by atoms with E-state index in [-0.39, 0.29) is 5.91 Å². The molecule has 1 amide bonds. The number of hydrogen-bond acceptors (Lipinski definition) is 5. The molecule has 26 heavy (non-hydrogen) atoms. The van der Waals surface area contributed by atoms with Gasteiger partial charge >= 0.3 is 0 Å². The van der Waals surface area contributed by atoms with E-state index in [2.05, 4.69) is 17.1 Å². The van der Waals surface area contributed by atoms with E-state index in [0.29, 0.717) is 25.9 Å². The molecule has 6 heteroatoms. The zero-order valence-corrected chi connectivity index (χ0v) is 15.4. The fourth-order valence-electron chi connectivity index (χ4n) is 2.80. The van der Waals surface area contributed by atoms with E-state index in [9.17, 15) is 4.79 Å². The predicted octanol–water partition coefficient (Wildman–Crippen LogP) is 4.54. The molecular formula is C20H21N3O2S. The van der Waals surface area contributed by atoms with Crippen molar-refractivity contribution in [1.82, 2.24) is 9.88 Å². The Labute approximate surface area is 156 Å². The third-order valence-electron chi connectivity index (χ3n) is 4.14. The number of carbonyl (C=O) groups is 1. The molecule has 0 saturated carbocycles. The lowest BCUT2D eigenvalue weighted by Gasteiger charge is -2.20. The summed E-state index contributed by atoms with van der Waals surface area (Å²) in [6.07, 6.45) is 5.05. The zero-order chi connectivity index (χ0) is 18.2. The van der Waals surface area contributed by atoms with Gasteiger partial charge in [0.25, 0.3) is 0 Å². The zero-order valence-electron chi connectivity index (χ0n) is 14.6. The van der Waals surface area contributed by atoms with Gasteiger partial charge in [0, 0.05) is 13.0 Å². The molecule has 0 fully saturated rings. The van der Waals surface area contributed by atoms with Gasteiger partial charge in [-0.1, -0.05) is 12.1 Å². The quantitative estimate of drug-likeness (QED) is 0.520. The van der Waals surface area contributed by atoms with E-state index in [0.717, 1.165) is 35.5 Å². The Hall–Kier alpha value is -2.65. The fourth-order valence-corrected chi connectivity index (χ4v) is 3.81. The molecule has 2 heterocycles. The molecule has 3 aromatic rings. The van der Waals surface area contributed by atoms with Crippen molar-refractivity contribution in [3.05, 3.63) is 53.4 Å². The van der Waals surface area contributed by atoms with Gasteiger partial charge in [-0.2, -0.15) is 5.26 Å². The highest BCUT2D eigenvalue weighted by atomic mass is 32.1. The lowest BCUT2D eigenvalue weighted by Crippen LogP contribution is -2.31. The Bertz CT molecular complexity index is 847. The number of unbranched alkanes of at least 4 members (excludes halogenated alkanes) is 1. The highest BCUT2D eigenvalue weighted by molar-refractivity contribution is 7.18. The molecule has 5 nitrogen and oxygen atoms in total. The Balaban J connectivity index is 1.47. The van der Waals surface area contributed by atoms with Crippen LogP contribution >= 0.6 is 11.3 Å². The number of aryl methyl sites for hydroxylation is 1. The minimum absolute atomic E-state index is 0.0703. The lowest BCUT2D eigenvalue weighted by molar-refractivity contribution is -0.132. The third-order valence-corrected chi connectivity index (χ3v) is 5.24. The van der Waals surface area contributed by atoms with Gasteiger partial charge in [0.15, 0.2) is 0 Å². The van der Waals surface area contributed by atoms with E-state index in [1.54, 1.807) is 28.6 Å². The van der Waals surface area contributed by atoms with Gasteiger partial charge in [-0.15, -0.1) is 11.3 Å². The largest absolute Gasteiger partial charge is 0.467 e. The van der Waals surface area contributed by atoms with Gasteiger partial charge in [0.05, 0.1) is 40.5 Å². The van der Waals surface area contributed by atoms with Gasteiger partial charge in [-0.3, -0.25) is 4.79 Å². The first kappa shape index (κ1) is 18.2. The van der Waals surface area contributed by atoms with Gasteiger partial charge in [-0.25, -0.2) is 4.98 Å². The van der Waals surface area contributed by atoms with Crippen LogP contribution in [0.4, 0.5) is 0 Å². The molecule has 0 aliphatic carbocycles. The van der Waals surface area contributed by atoms with Crippen LogP contribution in [0.15, 0.2) is 47.1 Å². The van der Waals surface area contributed by atoms with Crippen molar-refractivity contribution in [2.75, 3.05) is 6.54 Å². The molecule has 0 atom stereocenters. The van der Waals surface area contributed by atoms with Gasteiger partial charge < -0.3 is 9.32 Å². The maximum Gasteiger partial charge on any atom is 0.223 e. The number of nitrogens with zero attached hydrogens (tertiary/aromatic N) is 3. The van der Waals surface area contributed by atoms with Crippen molar-refractivity contribution in [2.45, 2.75) is 38.6 Å². The SMILES string of the molecule is N#CCCN(Cc1ccco1)C(=O)CCCCc1nc2ccccc2s1. The van der Waals surface area contributed by atoms with Crippen LogP contribution < -0.4 is 0 Å². The van der Waals surface area contributed by atoms with Crippen LogP contribution in [0.1, 0.15) is 36.5 Å². The summed E-state index contributed by atoms with van der Waals surface area (Å²) in [7, 11) is 0. The number of nitriles is 1. The van der Waals surface area contributed by atoms with E-state index in [1.165, 1.54) is 4.70 Å². The smallest absolute Gasteiger partial charge is 0.223 e. The molecule has 0 unspecified atom stereocenters.